The predicted molar refractivity (Wildman–Crippen MR) is 97.8 cm³/mol. The summed E-state index contributed by atoms with van der Waals surface area (Å²) in [6, 6.07) is 27.5. The highest BCUT2D eigenvalue weighted by Gasteiger charge is 2.13. The van der Waals surface area contributed by atoms with Crippen molar-refractivity contribution in [3.63, 3.8) is 0 Å². The Labute approximate surface area is 141 Å². The highest BCUT2D eigenvalue weighted by Crippen LogP contribution is 2.34. The average molecular weight is 315 g/mol. The van der Waals surface area contributed by atoms with Crippen molar-refractivity contribution in [3.8, 4) is 0 Å². The van der Waals surface area contributed by atoms with E-state index in [1.165, 1.54) is 0 Å². The molecule has 3 heteroatoms. The maximum absolute atomic E-state index is 11.1. The molecule has 3 nitrogen and oxygen atoms in total. The van der Waals surface area contributed by atoms with Crippen LogP contribution in [0.5, 0.6) is 0 Å². The summed E-state index contributed by atoms with van der Waals surface area (Å²) >= 11 is 0. The molecule has 0 saturated carbocycles. The van der Waals surface area contributed by atoms with Crippen molar-refractivity contribution >= 4 is 28.6 Å². The van der Waals surface area contributed by atoms with Crippen LogP contribution in [0.4, 0.5) is 17.1 Å². The fourth-order valence-electron chi connectivity index (χ4n) is 2.54. The minimum absolute atomic E-state index is 0.0903. The number of benzene rings is 3. The van der Waals surface area contributed by atoms with Gasteiger partial charge in [0.2, 0.25) is 0 Å². The maximum Gasteiger partial charge on any atom is 0.335 e. The molecule has 0 radical (unpaired) electrons. The number of anilines is 3. The largest absolute Gasteiger partial charge is 0.478 e. The van der Waals surface area contributed by atoms with Gasteiger partial charge in [0.15, 0.2) is 0 Å². The molecule has 24 heavy (non-hydrogen) atoms. The van der Waals surface area contributed by atoms with Crippen LogP contribution in [0, 0.1) is 0 Å². The summed E-state index contributed by atoms with van der Waals surface area (Å²) in [4.78, 5) is 13.2. The minimum Gasteiger partial charge on any atom is -0.478 e. The van der Waals surface area contributed by atoms with Crippen LogP contribution in [0.1, 0.15) is 5.56 Å². The van der Waals surface area contributed by atoms with Gasteiger partial charge in [-0.15, -0.1) is 0 Å². The van der Waals surface area contributed by atoms with Crippen LogP contribution in [0.15, 0.2) is 91.5 Å². The molecule has 3 aromatic rings. The number of rotatable bonds is 5. The molecule has 1 N–H and O–H groups in total. The van der Waals surface area contributed by atoms with E-state index in [0.717, 1.165) is 17.1 Å². The number of nitrogens with zero attached hydrogens (tertiary/aromatic N) is 1. The number of carboxylic acid groups (broad SMARTS) is 1. The first-order chi connectivity index (χ1) is 11.7. The molecule has 0 spiro atoms. The van der Waals surface area contributed by atoms with Crippen molar-refractivity contribution in [2.75, 3.05) is 4.90 Å². The zero-order valence-electron chi connectivity index (χ0n) is 13.1. The Morgan fingerprint density at radius 2 is 1.12 bits per heavy atom. The summed E-state index contributed by atoms with van der Waals surface area (Å²) in [6.07, 6.45) is 0. The Kier molecular flexibility index (Phi) is 4.43. The van der Waals surface area contributed by atoms with E-state index in [1.54, 1.807) is 12.1 Å². The lowest BCUT2D eigenvalue weighted by molar-refractivity contribution is -0.130. The van der Waals surface area contributed by atoms with Crippen molar-refractivity contribution in [1.82, 2.24) is 0 Å². The van der Waals surface area contributed by atoms with Crippen LogP contribution in [-0.2, 0) is 4.79 Å². The van der Waals surface area contributed by atoms with Gasteiger partial charge in [-0.3, -0.25) is 0 Å². The molecule has 0 heterocycles. The van der Waals surface area contributed by atoms with Crippen molar-refractivity contribution < 1.29 is 9.90 Å². The van der Waals surface area contributed by atoms with E-state index in [-0.39, 0.29) is 5.57 Å². The molecule has 0 amide bonds. The second kappa shape index (κ2) is 6.84. The van der Waals surface area contributed by atoms with Crippen molar-refractivity contribution in [2.45, 2.75) is 0 Å². The summed E-state index contributed by atoms with van der Waals surface area (Å²) < 4.78 is 0. The highest BCUT2D eigenvalue weighted by atomic mass is 16.4. The molecule has 0 aliphatic carbocycles. The van der Waals surface area contributed by atoms with Crippen molar-refractivity contribution in [1.29, 1.82) is 0 Å². The SMILES string of the molecule is C=C(C(=O)O)c1ccc(N(c2ccccc2)c2ccccc2)cc1. The number of hydrogen-bond donors (Lipinski definition) is 1. The van der Waals surface area contributed by atoms with E-state index >= 15 is 0 Å². The molecule has 0 aromatic heterocycles. The molecule has 0 fully saturated rings. The fraction of sp³-hybridized carbons (Fsp3) is 0. The molecule has 0 bridgehead atoms. The van der Waals surface area contributed by atoms with Gasteiger partial charge in [-0.2, -0.15) is 0 Å². The standard InChI is InChI=1S/C21H17NO2/c1-16(21(23)24)17-12-14-20(15-13-17)22(18-8-4-2-5-9-18)19-10-6-3-7-11-19/h2-15H,1H2,(H,23,24). The summed E-state index contributed by atoms with van der Waals surface area (Å²) in [5.74, 6) is -1.01. The Hall–Kier alpha value is -3.33. The van der Waals surface area contributed by atoms with Crippen molar-refractivity contribution in [2.24, 2.45) is 0 Å². The van der Waals surface area contributed by atoms with Gasteiger partial charge in [-0.05, 0) is 42.0 Å². The van der Waals surface area contributed by atoms with Crippen LogP contribution < -0.4 is 4.90 Å². The van der Waals surface area contributed by atoms with Crippen LogP contribution >= 0.6 is 0 Å². The molecule has 0 aliphatic rings. The van der Waals surface area contributed by atoms with Gasteiger partial charge in [-0.25, -0.2) is 4.79 Å². The lowest BCUT2D eigenvalue weighted by Crippen LogP contribution is -2.09. The zero-order valence-corrected chi connectivity index (χ0v) is 13.1. The lowest BCUT2D eigenvalue weighted by atomic mass is 10.1. The summed E-state index contributed by atoms with van der Waals surface area (Å²) in [6.45, 7) is 3.60. The molecule has 3 aromatic carbocycles. The monoisotopic (exact) mass is 315 g/mol. The molecule has 118 valence electrons. The molecule has 0 aliphatic heterocycles. The van der Waals surface area contributed by atoms with E-state index < -0.39 is 5.97 Å². The number of aliphatic carboxylic acids is 1. The van der Waals surface area contributed by atoms with Crippen LogP contribution in [-0.4, -0.2) is 11.1 Å². The van der Waals surface area contributed by atoms with Gasteiger partial charge in [0.1, 0.15) is 0 Å². The molecule has 0 unspecified atom stereocenters. The number of hydrogen-bond acceptors (Lipinski definition) is 2. The normalized spacial score (nSPS) is 10.2. The fourth-order valence-corrected chi connectivity index (χ4v) is 2.54. The second-order valence-electron chi connectivity index (χ2n) is 5.34. The molecular weight excluding hydrogens is 298 g/mol. The summed E-state index contributed by atoms with van der Waals surface area (Å²) in [7, 11) is 0. The number of carbonyl (C=O) groups is 1. The zero-order chi connectivity index (χ0) is 16.9. The van der Waals surface area contributed by atoms with Gasteiger partial charge < -0.3 is 10.0 Å². The summed E-state index contributed by atoms with van der Waals surface area (Å²) in [5, 5.41) is 9.06. The Morgan fingerprint density at radius 3 is 1.54 bits per heavy atom. The first kappa shape index (κ1) is 15.6. The van der Waals surface area contributed by atoms with Gasteiger partial charge in [0.05, 0.1) is 5.57 Å². The summed E-state index contributed by atoms with van der Waals surface area (Å²) in [5.41, 5.74) is 3.72. The van der Waals surface area contributed by atoms with E-state index in [4.69, 9.17) is 5.11 Å². The predicted octanol–water partition coefficient (Wildman–Crippen LogP) is 5.25. The Bertz CT molecular complexity index is 801. The minimum atomic E-state index is -1.01. The van der Waals surface area contributed by atoms with Crippen molar-refractivity contribution in [3.05, 3.63) is 97.1 Å². The number of carboxylic acids is 1. The van der Waals surface area contributed by atoms with Gasteiger partial charge >= 0.3 is 5.97 Å². The first-order valence-corrected chi connectivity index (χ1v) is 7.59. The van der Waals surface area contributed by atoms with Crippen LogP contribution in [0.2, 0.25) is 0 Å². The maximum atomic E-state index is 11.1. The molecule has 0 saturated heterocycles. The van der Waals surface area contributed by atoms with Gasteiger partial charge in [0.25, 0.3) is 0 Å². The quantitative estimate of drug-likeness (QED) is 0.653. The number of para-hydroxylation sites is 2. The Morgan fingerprint density at radius 1 is 0.708 bits per heavy atom. The smallest absolute Gasteiger partial charge is 0.335 e. The first-order valence-electron chi connectivity index (χ1n) is 7.59. The van der Waals surface area contributed by atoms with E-state index in [9.17, 15) is 4.79 Å². The molecule has 0 atom stereocenters. The van der Waals surface area contributed by atoms with Crippen LogP contribution in [0.3, 0.4) is 0 Å². The third-order valence-electron chi connectivity index (χ3n) is 3.76. The van der Waals surface area contributed by atoms with E-state index in [0.29, 0.717) is 5.56 Å². The third kappa shape index (κ3) is 3.20. The van der Waals surface area contributed by atoms with Gasteiger partial charge in [0, 0.05) is 17.1 Å². The topological polar surface area (TPSA) is 40.5 Å². The average Bonchev–Trinajstić information content (AvgIpc) is 2.64. The highest BCUT2D eigenvalue weighted by molar-refractivity contribution is 6.14. The third-order valence-corrected chi connectivity index (χ3v) is 3.76. The van der Waals surface area contributed by atoms with Gasteiger partial charge in [-0.1, -0.05) is 55.1 Å². The molecular formula is C21H17NO2. The van der Waals surface area contributed by atoms with E-state index in [2.05, 4.69) is 11.5 Å². The second-order valence-corrected chi connectivity index (χ2v) is 5.34. The lowest BCUT2D eigenvalue weighted by Gasteiger charge is -2.25. The molecule has 3 rings (SSSR count). The van der Waals surface area contributed by atoms with Crippen LogP contribution in [0.25, 0.3) is 5.57 Å². The Balaban J connectivity index is 2.04. The van der Waals surface area contributed by atoms with E-state index in [1.807, 2.05) is 72.8 Å².